The van der Waals surface area contributed by atoms with E-state index in [-0.39, 0.29) is 18.4 Å². The summed E-state index contributed by atoms with van der Waals surface area (Å²) < 4.78 is 0. The molecule has 0 saturated carbocycles. The second kappa shape index (κ2) is 6.68. The second-order valence-corrected chi connectivity index (χ2v) is 5.30. The van der Waals surface area contributed by atoms with Crippen molar-refractivity contribution in [2.24, 2.45) is 5.92 Å². The van der Waals surface area contributed by atoms with Crippen LogP contribution in [0.25, 0.3) is 10.9 Å². The number of carbonyl (C=O) groups is 1. The highest BCUT2D eigenvalue weighted by molar-refractivity contribution is 6.31. The van der Waals surface area contributed by atoms with Crippen LogP contribution in [0.3, 0.4) is 0 Å². The number of pyridine rings is 1. The van der Waals surface area contributed by atoms with E-state index in [4.69, 9.17) is 16.7 Å². The molecule has 20 heavy (non-hydrogen) atoms. The van der Waals surface area contributed by atoms with Crippen LogP contribution in [0.2, 0.25) is 5.02 Å². The van der Waals surface area contributed by atoms with Crippen LogP contribution >= 0.6 is 11.6 Å². The van der Waals surface area contributed by atoms with E-state index in [0.717, 1.165) is 5.39 Å². The molecular weight excluding hydrogens is 276 g/mol. The third-order valence-electron chi connectivity index (χ3n) is 3.12. The van der Waals surface area contributed by atoms with Crippen molar-refractivity contribution in [1.29, 1.82) is 0 Å². The molecule has 0 saturated heterocycles. The summed E-state index contributed by atoms with van der Waals surface area (Å²) in [5, 5.41) is 13.2. The lowest BCUT2D eigenvalue weighted by atomic mass is 10.1. The van der Waals surface area contributed by atoms with Gasteiger partial charge in [-0.2, -0.15) is 0 Å². The fraction of sp³-hybridized carbons (Fsp3) is 0.333. The number of amides is 1. The summed E-state index contributed by atoms with van der Waals surface area (Å²) in [6, 6.07) is 8.95. The van der Waals surface area contributed by atoms with Gasteiger partial charge in [-0.05, 0) is 30.5 Å². The zero-order chi connectivity index (χ0) is 14.5. The minimum absolute atomic E-state index is 0.129. The number of aliphatic hydroxyl groups excluding tert-OH is 1. The number of rotatable bonds is 5. The molecule has 4 nitrogen and oxygen atoms in total. The SMILES string of the molecule is CC(CCO)CNC(=O)c1ccc2ccc(Cl)cc2n1. The number of aromatic nitrogens is 1. The first-order valence-electron chi connectivity index (χ1n) is 6.55. The van der Waals surface area contributed by atoms with Gasteiger partial charge in [-0.1, -0.05) is 30.7 Å². The summed E-state index contributed by atoms with van der Waals surface area (Å²) in [7, 11) is 0. The summed E-state index contributed by atoms with van der Waals surface area (Å²) in [4.78, 5) is 16.3. The van der Waals surface area contributed by atoms with Crippen LogP contribution in [0, 0.1) is 5.92 Å². The van der Waals surface area contributed by atoms with Crippen LogP contribution in [0.15, 0.2) is 30.3 Å². The van der Waals surface area contributed by atoms with Crippen LogP contribution in [-0.2, 0) is 0 Å². The van der Waals surface area contributed by atoms with E-state index in [1.165, 1.54) is 0 Å². The molecular formula is C15H17ClN2O2. The lowest BCUT2D eigenvalue weighted by Gasteiger charge is -2.11. The molecule has 2 rings (SSSR count). The van der Waals surface area contributed by atoms with Gasteiger partial charge in [-0.15, -0.1) is 0 Å². The van der Waals surface area contributed by atoms with E-state index in [1.54, 1.807) is 18.2 Å². The molecule has 0 radical (unpaired) electrons. The molecule has 1 heterocycles. The number of fused-ring (bicyclic) bond motifs is 1. The smallest absolute Gasteiger partial charge is 0.269 e. The van der Waals surface area contributed by atoms with Crippen LogP contribution in [0.4, 0.5) is 0 Å². The maximum absolute atomic E-state index is 12.0. The van der Waals surface area contributed by atoms with Gasteiger partial charge >= 0.3 is 0 Å². The summed E-state index contributed by atoms with van der Waals surface area (Å²) in [6.45, 7) is 2.63. The molecule has 0 fully saturated rings. The van der Waals surface area contributed by atoms with E-state index in [2.05, 4.69) is 10.3 Å². The Balaban J connectivity index is 2.10. The number of nitrogens with one attached hydrogen (secondary N) is 1. The van der Waals surface area contributed by atoms with Gasteiger partial charge in [-0.3, -0.25) is 4.79 Å². The Morgan fingerprint density at radius 1 is 1.40 bits per heavy atom. The quantitative estimate of drug-likeness (QED) is 0.890. The van der Waals surface area contributed by atoms with Gasteiger partial charge in [-0.25, -0.2) is 4.98 Å². The lowest BCUT2D eigenvalue weighted by molar-refractivity contribution is 0.0941. The number of hydrogen-bond donors (Lipinski definition) is 2. The topological polar surface area (TPSA) is 62.2 Å². The second-order valence-electron chi connectivity index (χ2n) is 4.86. The summed E-state index contributed by atoms with van der Waals surface area (Å²) in [5.41, 5.74) is 1.07. The molecule has 1 aromatic carbocycles. The number of carbonyl (C=O) groups excluding carboxylic acids is 1. The van der Waals surface area contributed by atoms with Crippen molar-refractivity contribution in [1.82, 2.24) is 10.3 Å². The minimum atomic E-state index is -0.211. The van der Waals surface area contributed by atoms with Gasteiger partial charge in [0.25, 0.3) is 5.91 Å². The molecule has 0 bridgehead atoms. The third kappa shape index (κ3) is 3.68. The van der Waals surface area contributed by atoms with Crippen molar-refractivity contribution in [3.63, 3.8) is 0 Å². The van der Waals surface area contributed by atoms with Crippen molar-refractivity contribution in [3.8, 4) is 0 Å². The molecule has 0 aliphatic heterocycles. The zero-order valence-corrected chi connectivity index (χ0v) is 12.0. The molecule has 2 aromatic rings. The molecule has 1 unspecified atom stereocenters. The van der Waals surface area contributed by atoms with Crippen molar-refractivity contribution >= 4 is 28.4 Å². The van der Waals surface area contributed by atoms with E-state index in [1.807, 2.05) is 19.1 Å². The average molecular weight is 293 g/mol. The molecule has 0 aliphatic rings. The number of benzene rings is 1. The van der Waals surface area contributed by atoms with Gasteiger partial charge in [0.2, 0.25) is 0 Å². The number of halogens is 1. The fourth-order valence-corrected chi connectivity index (χ4v) is 2.06. The minimum Gasteiger partial charge on any atom is -0.396 e. The molecule has 0 spiro atoms. The molecule has 5 heteroatoms. The molecule has 1 atom stereocenters. The molecule has 1 aromatic heterocycles. The van der Waals surface area contributed by atoms with Crippen molar-refractivity contribution in [2.75, 3.05) is 13.2 Å². The molecule has 0 aliphatic carbocycles. The van der Waals surface area contributed by atoms with Gasteiger partial charge in [0.15, 0.2) is 0 Å². The standard InChI is InChI=1S/C15H17ClN2O2/c1-10(6-7-19)9-17-15(20)13-5-3-11-2-4-12(16)8-14(11)18-13/h2-5,8,10,19H,6-7,9H2,1H3,(H,17,20). The highest BCUT2D eigenvalue weighted by Gasteiger charge is 2.10. The molecule has 1 amide bonds. The largest absolute Gasteiger partial charge is 0.396 e. The number of nitrogens with zero attached hydrogens (tertiary/aromatic N) is 1. The summed E-state index contributed by atoms with van der Waals surface area (Å²) in [6.07, 6.45) is 0.668. The van der Waals surface area contributed by atoms with Crippen LogP contribution in [0.1, 0.15) is 23.8 Å². The van der Waals surface area contributed by atoms with Crippen molar-refractivity contribution < 1.29 is 9.90 Å². The van der Waals surface area contributed by atoms with Crippen LogP contribution < -0.4 is 5.32 Å². The van der Waals surface area contributed by atoms with Crippen LogP contribution in [-0.4, -0.2) is 29.1 Å². The molecule has 106 valence electrons. The first kappa shape index (κ1) is 14.8. The first-order chi connectivity index (χ1) is 9.60. The Labute approximate surface area is 122 Å². The Bertz CT molecular complexity index is 616. The monoisotopic (exact) mass is 292 g/mol. The lowest BCUT2D eigenvalue weighted by Crippen LogP contribution is -2.29. The Kier molecular flexibility index (Phi) is 4.93. The zero-order valence-electron chi connectivity index (χ0n) is 11.3. The van der Waals surface area contributed by atoms with Crippen LogP contribution in [0.5, 0.6) is 0 Å². The number of aliphatic hydroxyl groups is 1. The fourth-order valence-electron chi connectivity index (χ4n) is 1.90. The normalized spacial score (nSPS) is 12.3. The predicted octanol–water partition coefficient (Wildman–Crippen LogP) is 2.64. The third-order valence-corrected chi connectivity index (χ3v) is 3.35. The van der Waals surface area contributed by atoms with Gasteiger partial charge in [0.1, 0.15) is 5.69 Å². The predicted molar refractivity (Wildman–Crippen MR) is 80.0 cm³/mol. The van der Waals surface area contributed by atoms with E-state index in [0.29, 0.717) is 29.2 Å². The highest BCUT2D eigenvalue weighted by atomic mass is 35.5. The van der Waals surface area contributed by atoms with Crippen molar-refractivity contribution in [3.05, 3.63) is 41.0 Å². The summed E-state index contributed by atoms with van der Waals surface area (Å²) in [5.74, 6) is 0.0236. The van der Waals surface area contributed by atoms with Crippen molar-refractivity contribution in [2.45, 2.75) is 13.3 Å². The summed E-state index contributed by atoms with van der Waals surface area (Å²) >= 11 is 5.92. The maximum atomic E-state index is 12.0. The van der Waals surface area contributed by atoms with Gasteiger partial charge < -0.3 is 10.4 Å². The first-order valence-corrected chi connectivity index (χ1v) is 6.93. The van der Waals surface area contributed by atoms with E-state index >= 15 is 0 Å². The van der Waals surface area contributed by atoms with E-state index < -0.39 is 0 Å². The molecule has 2 N–H and O–H groups in total. The highest BCUT2D eigenvalue weighted by Crippen LogP contribution is 2.17. The Morgan fingerprint density at radius 3 is 2.90 bits per heavy atom. The average Bonchev–Trinajstić information content (AvgIpc) is 2.44. The van der Waals surface area contributed by atoms with Gasteiger partial charge in [0.05, 0.1) is 5.52 Å². The van der Waals surface area contributed by atoms with Gasteiger partial charge in [0, 0.05) is 23.6 Å². The Hall–Kier alpha value is -1.65. The number of hydrogen-bond acceptors (Lipinski definition) is 3. The Morgan fingerprint density at radius 2 is 2.15 bits per heavy atom. The van der Waals surface area contributed by atoms with E-state index in [9.17, 15) is 4.79 Å². The maximum Gasteiger partial charge on any atom is 0.269 e.